The first-order valence-corrected chi connectivity index (χ1v) is 9.01. The smallest absolute Gasteiger partial charge is 0.336 e. The molecule has 152 valence electrons. The summed E-state index contributed by atoms with van der Waals surface area (Å²) in [5.41, 5.74) is 6.88. The number of allylic oxidation sites excluding steroid dienone is 1. The number of alkyl halides is 1. The van der Waals surface area contributed by atoms with Crippen LogP contribution in [-0.4, -0.2) is 29.9 Å². The number of hydrogen-bond acceptors (Lipinski definition) is 7. The molecule has 29 heavy (non-hydrogen) atoms. The number of ether oxygens (including phenoxy) is 1. The van der Waals surface area contributed by atoms with Crippen LogP contribution in [0.2, 0.25) is 0 Å². The lowest BCUT2D eigenvalue weighted by molar-refractivity contribution is 0.247. The molecule has 5 N–H and O–H groups in total. The standard InChI is InChI=1S/C21H22FN3O4/c22-9-8-15(23)13-25(24)10-11-28-18-7-6-16-17(14-4-2-1-3-5-14)12-19(26)29-21(16)20(18)27/h1-7,12-13,27H,8-11,23-24H2/b15-13-. The van der Waals surface area contributed by atoms with Crippen molar-refractivity contribution < 1.29 is 18.7 Å². The molecule has 1 aromatic heterocycles. The monoisotopic (exact) mass is 399 g/mol. The maximum atomic E-state index is 12.2. The largest absolute Gasteiger partial charge is 0.502 e. The first-order chi connectivity index (χ1) is 14.0. The van der Waals surface area contributed by atoms with Crippen molar-refractivity contribution in [2.24, 2.45) is 11.6 Å². The van der Waals surface area contributed by atoms with Crippen LogP contribution in [0.15, 0.2) is 69.6 Å². The number of halogens is 1. The van der Waals surface area contributed by atoms with Gasteiger partial charge in [-0.05, 0) is 23.3 Å². The second kappa shape index (κ2) is 9.11. The van der Waals surface area contributed by atoms with E-state index in [-0.39, 0.29) is 36.7 Å². The molecular weight excluding hydrogens is 377 g/mol. The SMILES string of the molecule is N/C(=C\N(N)CCOc1ccc2c(-c3ccccc3)cc(=O)oc2c1O)CCF. The van der Waals surface area contributed by atoms with Crippen molar-refractivity contribution in [1.82, 2.24) is 5.01 Å². The molecule has 8 heteroatoms. The van der Waals surface area contributed by atoms with E-state index in [4.69, 9.17) is 20.7 Å². The van der Waals surface area contributed by atoms with Crippen LogP contribution in [0, 0.1) is 0 Å². The molecular formula is C21H22FN3O4. The average Bonchev–Trinajstić information content (AvgIpc) is 2.70. The summed E-state index contributed by atoms with van der Waals surface area (Å²) in [6, 6.07) is 14.0. The fourth-order valence-corrected chi connectivity index (χ4v) is 2.88. The van der Waals surface area contributed by atoms with Crippen LogP contribution in [0.4, 0.5) is 4.39 Å². The number of rotatable bonds is 8. The number of phenolic OH excluding ortho intramolecular Hbond substituents is 1. The fourth-order valence-electron chi connectivity index (χ4n) is 2.88. The Balaban J connectivity index is 1.82. The quantitative estimate of drug-likeness (QED) is 0.303. The molecule has 0 amide bonds. The average molecular weight is 399 g/mol. The number of nitrogens with zero attached hydrogens (tertiary/aromatic N) is 1. The van der Waals surface area contributed by atoms with Gasteiger partial charge in [0.15, 0.2) is 11.3 Å². The summed E-state index contributed by atoms with van der Waals surface area (Å²) < 4.78 is 23.0. The van der Waals surface area contributed by atoms with Gasteiger partial charge in [0.05, 0.1) is 13.2 Å². The Morgan fingerprint density at radius 2 is 2.00 bits per heavy atom. The number of hydrogen-bond donors (Lipinski definition) is 3. The van der Waals surface area contributed by atoms with Gasteiger partial charge in [-0.3, -0.25) is 4.39 Å². The van der Waals surface area contributed by atoms with Gasteiger partial charge in [-0.15, -0.1) is 0 Å². The van der Waals surface area contributed by atoms with E-state index < -0.39 is 12.3 Å². The van der Waals surface area contributed by atoms with Crippen molar-refractivity contribution in [3.8, 4) is 22.6 Å². The van der Waals surface area contributed by atoms with Gasteiger partial charge in [-0.25, -0.2) is 10.6 Å². The maximum absolute atomic E-state index is 12.2. The molecule has 0 spiro atoms. The molecule has 3 rings (SSSR count). The molecule has 0 atom stereocenters. The van der Waals surface area contributed by atoms with Gasteiger partial charge in [0.2, 0.25) is 5.75 Å². The molecule has 3 aromatic rings. The first kappa shape index (κ1) is 20.2. The molecule has 0 fully saturated rings. The van der Waals surface area contributed by atoms with Crippen LogP contribution < -0.4 is 21.9 Å². The second-order valence-electron chi connectivity index (χ2n) is 6.36. The molecule has 7 nitrogen and oxygen atoms in total. The summed E-state index contributed by atoms with van der Waals surface area (Å²) in [7, 11) is 0. The van der Waals surface area contributed by atoms with E-state index in [9.17, 15) is 14.3 Å². The minimum absolute atomic E-state index is 0.0468. The number of phenols is 1. The lowest BCUT2D eigenvalue weighted by Gasteiger charge is -2.16. The Kier molecular flexibility index (Phi) is 6.36. The van der Waals surface area contributed by atoms with Crippen LogP contribution in [0.1, 0.15) is 6.42 Å². The minimum atomic E-state index is -0.578. The van der Waals surface area contributed by atoms with Crippen LogP contribution in [0.5, 0.6) is 11.5 Å². The summed E-state index contributed by atoms with van der Waals surface area (Å²) in [6.45, 7) is -0.191. The third-order valence-electron chi connectivity index (χ3n) is 4.26. The second-order valence-corrected chi connectivity index (χ2v) is 6.36. The fraction of sp³-hybridized carbons (Fsp3) is 0.190. The molecule has 0 aliphatic rings. The van der Waals surface area contributed by atoms with E-state index in [1.165, 1.54) is 17.3 Å². The molecule has 0 aliphatic carbocycles. The topological polar surface area (TPSA) is 115 Å². The van der Waals surface area contributed by atoms with Crippen molar-refractivity contribution in [1.29, 1.82) is 0 Å². The summed E-state index contributed by atoms with van der Waals surface area (Å²) in [4.78, 5) is 12.0. The first-order valence-electron chi connectivity index (χ1n) is 9.01. The van der Waals surface area contributed by atoms with Crippen molar-refractivity contribution >= 4 is 11.0 Å². The van der Waals surface area contributed by atoms with E-state index in [2.05, 4.69) is 0 Å². The summed E-state index contributed by atoms with van der Waals surface area (Å²) in [6.07, 6.45) is 1.52. The van der Waals surface area contributed by atoms with E-state index in [0.29, 0.717) is 16.6 Å². The number of fused-ring (bicyclic) bond motifs is 1. The molecule has 0 bridgehead atoms. The Morgan fingerprint density at radius 1 is 1.24 bits per heavy atom. The number of benzene rings is 2. The molecule has 0 unspecified atom stereocenters. The summed E-state index contributed by atoms with van der Waals surface area (Å²) >= 11 is 0. The van der Waals surface area contributed by atoms with Gasteiger partial charge in [0.1, 0.15) is 6.61 Å². The molecule has 0 aliphatic heterocycles. The predicted octanol–water partition coefficient (Wildman–Crippen LogP) is 2.88. The number of nitrogens with two attached hydrogens (primary N) is 2. The van der Waals surface area contributed by atoms with Crippen molar-refractivity contribution in [3.63, 3.8) is 0 Å². The highest BCUT2D eigenvalue weighted by molar-refractivity contribution is 5.97. The minimum Gasteiger partial charge on any atom is -0.502 e. The van der Waals surface area contributed by atoms with Gasteiger partial charge in [0, 0.05) is 29.8 Å². The summed E-state index contributed by atoms with van der Waals surface area (Å²) in [5.74, 6) is 5.64. The zero-order valence-corrected chi connectivity index (χ0v) is 15.7. The van der Waals surface area contributed by atoms with E-state index in [0.717, 1.165) is 5.56 Å². The van der Waals surface area contributed by atoms with E-state index >= 15 is 0 Å². The highest BCUT2D eigenvalue weighted by atomic mass is 19.1. The third-order valence-corrected chi connectivity index (χ3v) is 4.26. The van der Waals surface area contributed by atoms with Crippen LogP contribution >= 0.6 is 0 Å². The summed E-state index contributed by atoms with van der Waals surface area (Å²) in [5, 5.41) is 12.4. The number of aromatic hydroxyl groups is 1. The molecule has 0 radical (unpaired) electrons. The Hall–Kier alpha value is -3.52. The molecule has 1 heterocycles. The highest BCUT2D eigenvalue weighted by Crippen LogP contribution is 2.37. The zero-order chi connectivity index (χ0) is 20.8. The predicted molar refractivity (Wildman–Crippen MR) is 109 cm³/mol. The Bertz CT molecular complexity index is 1070. The van der Waals surface area contributed by atoms with Gasteiger partial charge < -0.3 is 25.0 Å². The van der Waals surface area contributed by atoms with Crippen molar-refractivity contribution in [3.05, 3.63) is 70.8 Å². The molecule has 2 aromatic carbocycles. The lowest BCUT2D eigenvalue weighted by Crippen LogP contribution is -2.31. The van der Waals surface area contributed by atoms with Crippen LogP contribution in [0.3, 0.4) is 0 Å². The highest BCUT2D eigenvalue weighted by Gasteiger charge is 2.15. The molecule has 0 saturated heterocycles. The third kappa shape index (κ3) is 4.85. The lowest BCUT2D eigenvalue weighted by atomic mass is 10.0. The normalized spacial score (nSPS) is 11.6. The van der Waals surface area contributed by atoms with Crippen LogP contribution in [0.25, 0.3) is 22.1 Å². The zero-order valence-electron chi connectivity index (χ0n) is 15.7. The Morgan fingerprint density at radius 3 is 2.72 bits per heavy atom. The van der Waals surface area contributed by atoms with E-state index in [1.807, 2.05) is 30.3 Å². The van der Waals surface area contributed by atoms with Crippen LogP contribution in [-0.2, 0) is 0 Å². The van der Waals surface area contributed by atoms with Crippen molar-refractivity contribution in [2.75, 3.05) is 19.8 Å². The van der Waals surface area contributed by atoms with Gasteiger partial charge in [-0.1, -0.05) is 30.3 Å². The van der Waals surface area contributed by atoms with Gasteiger partial charge in [0.25, 0.3) is 0 Å². The van der Waals surface area contributed by atoms with Gasteiger partial charge >= 0.3 is 5.63 Å². The van der Waals surface area contributed by atoms with Crippen molar-refractivity contribution in [2.45, 2.75) is 6.42 Å². The maximum Gasteiger partial charge on any atom is 0.336 e. The molecule has 0 saturated carbocycles. The Labute approximate surface area is 166 Å². The van der Waals surface area contributed by atoms with E-state index in [1.54, 1.807) is 12.1 Å². The van der Waals surface area contributed by atoms with Gasteiger partial charge in [-0.2, -0.15) is 0 Å². The number of hydrazine groups is 1.